The standard InChI is InChI=1S/C15H21N3O4S/c1-23(20,21)18-7-4-13-12(9-18)10-22-14(13)8-17-15(19)11-2-5-16-6-3-11/h2-3,5-6,12-14H,4,7-10H2,1H3,(H,17,19)/t12-,13-,14-/m0/s1. The Kier molecular flexibility index (Phi) is 4.65. The number of rotatable bonds is 4. The maximum atomic E-state index is 12.1. The summed E-state index contributed by atoms with van der Waals surface area (Å²) in [6.07, 6.45) is 5.13. The Hall–Kier alpha value is -1.51. The largest absolute Gasteiger partial charge is 0.376 e. The molecule has 2 fully saturated rings. The van der Waals surface area contributed by atoms with Crippen LogP contribution in [-0.2, 0) is 14.8 Å². The molecular formula is C15H21N3O4S. The highest BCUT2D eigenvalue weighted by Crippen LogP contribution is 2.34. The van der Waals surface area contributed by atoms with E-state index in [0.717, 1.165) is 6.42 Å². The van der Waals surface area contributed by atoms with Crippen LogP contribution in [0.2, 0.25) is 0 Å². The van der Waals surface area contributed by atoms with Gasteiger partial charge in [0.05, 0.1) is 19.0 Å². The first-order chi connectivity index (χ1) is 10.9. The summed E-state index contributed by atoms with van der Waals surface area (Å²) >= 11 is 0. The van der Waals surface area contributed by atoms with E-state index >= 15 is 0 Å². The summed E-state index contributed by atoms with van der Waals surface area (Å²) < 4.78 is 30.6. The van der Waals surface area contributed by atoms with Gasteiger partial charge in [-0.05, 0) is 24.5 Å². The molecule has 1 aromatic heterocycles. The van der Waals surface area contributed by atoms with Crippen molar-refractivity contribution in [1.82, 2.24) is 14.6 Å². The molecule has 3 atom stereocenters. The fourth-order valence-corrected chi connectivity index (χ4v) is 4.26. The number of carbonyl (C=O) groups is 1. The molecule has 8 heteroatoms. The zero-order chi connectivity index (χ0) is 16.4. The second kappa shape index (κ2) is 6.54. The number of hydrogen-bond donors (Lipinski definition) is 1. The van der Waals surface area contributed by atoms with Crippen molar-refractivity contribution in [1.29, 1.82) is 0 Å². The van der Waals surface area contributed by atoms with E-state index in [1.165, 1.54) is 10.6 Å². The van der Waals surface area contributed by atoms with Crippen LogP contribution < -0.4 is 5.32 Å². The van der Waals surface area contributed by atoms with Crippen LogP contribution in [0.3, 0.4) is 0 Å². The average molecular weight is 339 g/mol. The van der Waals surface area contributed by atoms with E-state index in [9.17, 15) is 13.2 Å². The van der Waals surface area contributed by atoms with E-state index in [0.29, 0.717) is 37.7 Å². The zero-order valence-electron chi connectivity index (χ0n) is 13.0. The maximum absolute atomic E-state index is 12.1. The Labute approximate surface area is 136 Å². The van der Waals surface area contributed by atoms with E-state index in [4.69, 9.17) is 4.74 Å². The first kappa shape index (κ1) is 16.4. The van der Waals surface area contributed by atoms with Crippen LogP contribution in [0.1, 0.15) is 16.8 Å². The molecule has 7 nitrogen and oxygen atoms in total. The highest BCUT2D eigenvalue weighted by Gasteiger charge is 2.42. The fraction of sp³-hybridized carbons (Fsp3) is 0.600. The van der Waals surface area contributed by atoms with Gasteiger partial charge in [-0.15, -0.1) is 0 Å². The average Bonchev–Trinajstić information content (AvgIpc) is 2.95. The Balaban J connectivity index is 1.55. The summed E-state index contributed by atoms with van der Waals surface area (Å²) in [4.78, 5) is 16.0. The smallest absolute Gasteiger partial charge is 0.251 e. The number of nitrogens with zero attached hydrogens (tertiary/aromatic N) is 2. The summed E-state index contributed by atoms with van der Waals surface area (Å²) in [6.45, 7) is 2.03. The fourth-order valence-electron chi connectivity index (χ4n) is 3.36. The third-order valence-corrected chi connectivity index (χ3v) is 5.90. The summed E-state index contributed by atoms with van der Waals surface area (Å²) in [7, 11) is -3.14. The molecule has 3 rings (SSSR count). The highest BCUT2D eigenvalue weighted by molar-refractivity contribution is 7.88. The van der Waals surface area contributed by atoms with Crippen LogP contribution in [0.15, 0.2) is 24.5 Å². The Morgan fingerprint density at radius 3 is 2.87 bits per heavy atom. The molecule has 0 radical (unpaired) electrons. The molecule has 0 aliphatic carbocycles. The minimum absolute atomic E-state index is 0.0486. The summed E-state index contributed by atoms with van der Waals surface area (Å²) in [5, 5.41) is 2.89. The van der Waals surface area contributed by atoms with Crippen LogP contribution in [0.4, 0.5) is 0 Å². The molecular weight excluding hydrogens is 318 g/mol. The third-order valence-electron chi connectivity index (χ3n) is 4.63. The van der Waals surface area contributed by atoms with E-state index in [1.54, 1.807) is 24.5 Å². The van der Waals surface area contributed by atoms with Crippen molar-refractivity contribution in [3.63, 3.8) is 0 Å². The number of carbonyl (C=O) groups excluding carboxylic acids is 1. The van der Waals surface area contributed by atoms with Crippen LogP contribution in [0.25, 0.3) is 0 Å². The van der Waals surface area contributed by atoms with E-state index < -0.39 is 10.0 Å². The molecule has 2 saturated heterocycles. The summed E-state index contributed by atoms with van der Waals surface area (Å²) in [5.41, 5.74) is 0.571. The van der Waals surface area contributed by atoms with Gasteiger partial charge in [0.15, 0.2) is 0 Å². The van der Waals surface area contributed by atoms with Gasteiger partial charge >= 0.3 is 0 Å². The zero-order valence-corrected chi connectivity index (χ0v) is 13.8. The minimum atomic E-state index is -3.14. The van der Waals surface area contributed by atoms with Gasteiger partial charge in [0, 0.05) is 43.5 Å². The van der Waals surface area contributed by atoms with Gasteiger partial charge < -0.3 is 10.1 Å². The molecule has 1 amide bonds. The molecule has 1 aromatic rings. The lowest BCUT2D eigenvalue weighted by Gasteiger charge is -2.34. The van der Waals surface area contributed by atoms with Crippen molar-refractivity contribution in [2.24, 2.45) is 11.8 Å². The normalized spacial score (nSPS) is 28.3. The van der Waals surface area contributed by atoms with Crippen molar-refractivity contribution in [3.05, 3.63) is 30.1 Å². The number of pyridine rings is 1. The van der Waals surface area contributed by atoms with Crippen LogP contribution >= 0.6 is 0 Å². The Morgan fingerprint density at radius 1 is 1.43 bits per heavy atom. The minimum Gasteiger partial charge on any atom is -0.376 e. The summed E-state index contributed by atoms with van der Waals surface area (Å²) in [5.74, 6) is 0.361. The van der Waals surface area contributed by atoms with Gasteiger partial charge in [-0.3, -0.25) is 9.78 Å². The first-order valence-electron chi connectivity index (χ1n) is 7.70. The predicted octanol–water partition coefficient (Wildman–Crippen LogP) is 0.108. The van der Waals surface area contributed by atoms with Gasteiger partial charge in [-0.1, -0.05) is 0 Å². The molecule has 0 spiro atoms. The van der Waals surface area contributed by atoms with Crippen molar-refractivity contribution >= 4 is 15.9 Å². The molecule has 126 valence electrons. The lowest BCUT2D eigenvalue weighted by atomic mass is 9.85. The first-order valence-corrected chi connectivity index (χ1v) is 9.55. The van der Waals surface area contributed by atoms with E-state index in [2.05, 4.69) is 10.3 Å². The molecule has 0 unspecified atom stereocenters. The maximum Gasteiger partial charge on any atom is 0.251 e. The number of sulfonamides is 1. The molecule has 23 heavy (non-hydrogen) atoms. The summed E-state index contributed by atoms with van der Waals surface area (Å²) in [6, 6.07) is 3.33. The molecule has 1 N–H and O–H groups in total. The monoisotopic (exact) mass is 339 g/mol. The van der Waals surface area contributed by atoms with Crippen molar-refractivity contribution < 1.29 is 17.9 Å². The highest BCUT2D eigenvalue weighted by atomic mass is 32.2. The lowest BCUT2D eigenvalue weighted by molar-refractivity contribution is 0.0762. The number of aromatic nitrogens is 1. The van der Waals surface area contributed by atoms with Gasteiger partial charge in [-0.2, -0.15) is 0 Å². The Morgan fingerprint density at radius 2 is 2.17 bits per heavy atom. The van der Waals surface area contributed by atoms with Crippen LogP contribution in [0, 0.1) is 11.8 Å². The second-order valence-electron chi connectivity index (χ2n) is 6.15. The lowest BCUT2D eigenvalue weighted by Crippen LogP contribution is -2.45. The van der Waals surface area contributed by atoms with E-state index in [1.807, 2.05) is 0 Å². The quantitative estimate of drug-likeness (QED) is 0.841. The van der Waals surface area contributed by atoms with Crippen LogP contribution in [-0.4, -0.2) is 62.2 Å². The number of hydrogen-bond acceptors (Lipinski definition) is 5. The van der Waals surface area contributed by atoms with Crippen molar-refractivity contribution in [2.45, 2.75) is 12.5 Å². The molecule has 0 bridgehead atoms. The van der Waals surface area contributed by atoms with Crippen molar-refractivity contribution in [3.8, 4) is 0 Å². The molecule has 3 heterocycles. The van der Waals surface area contributed by atoms with Gasteiger partial charge in [0.2, 0.25) is 10.0 Å². The Bertz CT molecular complexity index is 665. The predicted molar refractivity (Wildman–Crippen MR) is 84.3 cm³/mol. The number of fused-ring (bicyclic) bond motifs is 1. The number of nitrogens with one attached hydrogen (secondary N) is 1. The van der Waals surface area contributed by atoms with Crippen LogP contribution in [0.5, 0.6) is 0 Å². The number of piperidine rings is 1. The van der Waals surface area contributed by atoms with Gasteiger partial charge in [-0.25, -0.2) is 12.7 Å². The molecule has 2 aliphatic heterocycles. The van der Waals surface area contributed by atoms with Gasteiger partial charge in [0.1, 0.15) is 0 Å². The number of ether oxygens (including phenoxy) is 1. The molecule has 0 saturated carbocycles. The third kappa shape index (κ3) is 3.70. The number of amides is 1. The van der Waals surface area contributed by atoms with E-state index in [-0.39, 0.29) is 17.9 Å². The second-order valence-corrected chi connectivity index (χ2v) is 8.13. The topological polar surface area (TPSA) is 88.6 Å². The SMILES string of the molecule is CS(=O)(=O)N1CC[C@H]2[C@H](CO[C@H]2CNC(=O)c2ccncc2)C1. The molecule has 0 aromatic carbocycles. The molecule has 2 aliphatic rings. The van der Waals surface area contributed by atoms with Gasteiger partial charge in [0.25, 0.3) is 5.91 Å². The van der Waals surface area contributed by atoms with Crippen molar-refractivity contribution in [2.75, 3.05) is 32.5 Å².